The van der Waals surface area contributed by atoms with E-state index in [4.69, 9.17) is 5.73 Å². The van der Waals surface area contributed by atoms with E-state index in [9.17, 15) is 4.79 Å². The Labute approximate surface area is 89.1 Å². The van der Waals surface area contributed by atoms with Crippen molar-refractivity contribution in [3.8, 4) is 0 Å². The molecule has 0 aliphatic carbocycles. The lowest BCUT2D eigenvalue weighted by molar-refractivity contribution is 1.30. The van der Waals surface area contributed by atoms with Gasteiger partial charge in [0.25, 0.3) is 5.56 Å². The van der Waals surface area contributed by atoms with E-state index in [1.54, 1.807) is 6.07 Å². The summed E-state index contributed by atoms with van der Waals surface area (Å²) in [5.74, 6) is 0. The van der Waals surface area contributed by atoms with Gasteiger partial charge in [0.15, 0.2) is 0 Å². The zero-order chi connectivity index (χ0) is 10.3. The topological polar surface area (TPSA) is 58.9 Å². The summed E-state index contributed by atoms with van der Waals surface area (Å²) in [5, 5.41) is 0.924. The Morgan fingerprint density at radius 1 is 1.36 bits per heavy atom. The molecule has 3 nitrogen and oxygen atoms in total. The van der Waals surface area contributed by atoms with Gasteiger partial charge in [-0.3, -0.25) is 4.79 Å². The van der Waals surface area contributed by atoms with E-state index in [1.165, 1.54) is 0 Å². The van der Waals surface area contributed by atoms with E-state index in [0.717, 1.165) is 20.9 Å². The van der Waals surface area contributed by atoms with Gasteiger partial charge in [-0.25, -0.2) is 0 Å². The van der Waals surface area contributed by atoms with Gasteiger partial charge < -0.3 is 10.7 Å². The molecule has 4 heteroatoms. The highest BCUT2D eigenvalue weighted by Crippen LogP contribution is 2.24. The number of hydrogen-bond donors (Lipinski definition) is 2. The van der Waals surface area contributed by atoms with E-state index >= 15 is 0 Å². The van der Waals surface area contributed by atoms with Gasteiger partial charge in [0, 0.05) is 15.4 Å². The van der Waals surface area contributed by atoms with Crippen LogP contribution in [0.25, 0.3) is 10.9 Å². The first kappa shape index (κ1) is 9.27. The predicted molar refractivity (Wildman–Crippen MR) is 61.4 cm³/mol. The highest BCUT2D eigenvalue weighted by molar-refractivity contribution is 9.10. The molecule has 3 N–H and O–H groups in total. The summed E-state index contributed by atoms with van der Waals surface area (Å²) in [6.45, 7) is 1.97. The van der Waals surface area contributed by atoms with Crippen LogP contribution in [0.2, 0.25) is 0 Å². The van der Waals surface area contributed by atoms with Crippen LogP contribution < -0.4 is 11.3 Å². The minimum Gasteiger partial charge on any atom is -0.394 e. The third-order valence-corrected chi connectivity index (χ3v) is 2.74. The molecule has 0 saturated heterocycles. The van der Waals surface area contributed by atoms with Crippen LogP contribution in [-0.4, -0.2) is 4.98 Å². The number of aryl methyl sites for hydroxylation is 1. The number of rotatable bonds is 0. The molecule has 1 aromatic carbocycles. The third-order valence-electron chi connectivity index (χ3n) is 2.08. The summed E-state index contributed by atoms with van der Waals surface area (Å²) >= 11 is 3.43. The molecule has 2 aromatic rings. The van der Waals surface area contributed by atoms with Crippen molar-refractivity contribution in [1.29, 1.82) is 0 Å². The van der Waals surface area contributed by atoms with Crippen LogP contribution in [0, 0.1) is 6.92 Å². The van der Waals surface area contributed by atoms with Crippen molar-refractivity contribution in [3.05, 3.63) is 38.6 Å². The van der Waals surface area contributed by atoms with E-state index in [0.29, 0.717) is 0 Å². The van der Waals surface area contributed by atoms with Gasteiger partial charge in [0.2, 0.25) is 0 Å². The van der Waals surface area contributed by atoms with Crippen molar-refractivity contribution < 1.29 is 0 Å². The standard InChI is InChI=1S/C10H9BrN2O/c1-5-2-7(11)6-4-8(12)10(14)13-9(6)3-5/h2-4H,12H2,1H3,(H,13,14). The lowest BCUT2D eigenvalue weighted by Gasteiger charge is -2.03. The Kier molecular flexibility index (Phi) is 2.07. The molecule has 0 saturated carbocycles. The summed E-state index contributed by atoms with van der Waals surface area (Å²) in [5.41, 5.74) is 7.42. The summed E-state index contributed by atoms with van der Waals surface area (Å²) in [6.07, 6.45) is 0. The Balaban J connectivity index is 2.96. The Morgan fingerprint density at radius 2 is 2.07 bits per heavy atom. The number of benzene rings is 1. The van der Waals surface area contributed by atoms with Crippen LogP contribution in [0.4, 0.5) is 5.69 Å². The second-order valence-electron chi connectivity index (χ2n) is 3.26. The van der Waals surface area contributed by atoms with E-state index in [2.05, 4.69) is 20.9 Å². The van der Waals surface area contributed by atoms with Crippen molar-refractivity contribution in [2.45, 2.75) is 6.92 Å². The molecule has 1 aromatic heterocycles. The molecule has 0 amide bonds. The predicted octanol–water partition coefficient (Wildman–Crippen LogP) is 2.18. The average molecular weight is 253 g/mol. The molecule has 0 atom stereocenters. The van der Waals surface area contributed by atoms with Crippen LogP contribution in [0.3, 0.4) is 0 Å². The van der Waals surface area contributed by atoms with Crippen molar-refractivity contribution in [1.82, 2.24) is 4.98 Å². The van der Waals surface area contributed by atoms with Crippen molar-refractivity contribution >= 4 is 32.5 Å². The SMILES string of the molecule is Cc1cc(Br)c2cc(N)c(=O)[nH]c2c1. The summed E-state index contributed by atoms with van der Waals surface area (Å²) in [7, 11) is 0. The van der Waals surface area contributed by atoms with Gasteiger partial charge in [-0.2, -0.15) is 0 Å². The molecular weight excluding hydrogens is 244 g/mol. The molecule has 0 aliphatic rings. The Bertz CT molecular complexity index is 560. The van der Waals surface area contributed by atoms with Gasteiger partial charge >= 0.3 is 0 Å². The van der Waals surface area contributed by atoms with Gasteiger partial charge in [0.1, 0.15) is 0 Å². The van der Waals surface area contributed by atoms with Crippen molar-refractivity contribution in [2.75, 3.05) is 5.73 Å². The number of anilines is 1. The first-order valence-corrected chi connectivity index (χ1v) is 4.96. The van der Waals surface area contributed by atoms with E-state index < -0.39 is 0 Å². The fourth-order valence-corrected chi connectivity index (χ4v) is 2.11. The lowest BCUT2D eigenvalue weighted by Crippen LogP contribution is -2.11. The quantitative estimate of drug-likeness (QED) is 0.755. The van der Waals surface area contributed by atoms with Gasteiger partial charge in [-0.1, -0.05) is 15.9 Å². The molecule has 0 aliphatic heterocycles. The molecule has 0 bridgehead atoms. The number of aromatic amines is 1. The Morgan fingerprint density at radius 3 is 2.79 bits per heavy atom. The maximum atomic E-state index is 11.3. The number of H-pyrrole nitrogens is 1. The van der Waals surface area contributed by atoms with Gasteiger partial charge in [-0.15, -0.1) is 0 Å². The van der Waals surface area contributed by atoms with Crippen LogP contribution in [-0.2, 0) is 0 Å². The number of nitrogens with two attached hydrogens (primary N) is 1. The molecule has 2 rings (SSSR count). The minimum atomic E-state index is -0.241. The number of nitrogens with one attached hydrogen (secondary N) is 1. The van der Waals surface area contributed by atoms with Crippen molar-refractivity contribution in [3.63, 3.8) is 0 Å². The largest absolute Gasteiger partial charge is 0.394 e. The van der Waals surface area contributed by atoms with E-state index in [-0.39, 0.29) is 11.2 Å². The summed E-state index contributed by atoms with van der Waals surface area (Å²) in [6, 6.07) is 5.58. The number of fused-ring (bicyclic) bond motifs is 1. The van der Waals surface area contributed by atoms with Gasteiger partial charge in [-0.05, 0) is 30.7 Å². The second kappa shape index (κ2) is 3.13. The fraction of sp³-hybridized carbons (Fsp3) is 0.100. The molecule has 0 radical (unpaired) electrons. The maximum absolute atomic E-state index is 11.3. The van der Waals surface area contributed by atoms with Gasteiger partial charge in [0.05, 0.1) is 5.69 Å². The third kappa shape index (κ3) is 1.42. The second-order valence-corrected chi connectivity index (χ2v) is 4.12. The normalized spacial score (nSPS) is 10.7. The highest BCUT2D eigenvalue weighted by atomic mass is 79.9. The van der Waals surface area contributed by atoms with Crippen LogP contribution in [0.5, 0.6) is 0 Å². The molecular formula is C10H9BrN2O. The molecule has 72 valence electrons. The fourth-order valence-electron chi connectivity index (χ4n) is 1.42. The molecule has 0 fully saturated rings. The maximum Gasteiger partial charge on any atom is 0.271 e. The lowest BCUT2D eigenvalue weighted by atomic mass is 10.1. The van der Waals surface area contributed by atoms with Crippen LogP contribution in [0.15, 0.2) is 27.5 Å². The Hall–Kier alpha value is -1.29. The van der Waals surface area contributed by atoms with E-state index in [1.807, 2.05) is 19.1 Å². The number of hydrogen-bond acceptors (Lipinski definition) is 2. The minimum absolute atomic E-state index is 0.238. The number of halogens is 1. The first-order valence-electron chi connectivity index (χ1n) is 4.16. The zero-order valence-electron chi connectivity index (χ0n) is 7.60. The van der Waals surface area contributed by atoms with Crippen LogP contribution >= 0.6 is 15.9 Å². The molecule has 0 spiro atoms. The molecule has 0 unspecified atom stereocenters. The van der Waals surface area contributed by atoms with Crippen molar-refractivity contribution in [2.24, 2.45) is 0 Å². The summed E-state index contributed by atoms with van der Waals surface area (Å²) < 4.78 is 0.940. The monoisotopic (exact) mass is 252 g/mol. The number of aromatic nitrogens is 1. The average Bonchev–Trinajstić information content (AvgIpc) is 2.08. The number of nitrogen functional groups attached to an aromatic ring is 1. The zero-order valence-corrected chi connectivity index (χ0v) is 9.18. The molecule has 1 heterocycles. The summed E-state index contributed by atoms with van der Waals surface area (Å²) in [4.78, 5) is 14.0. The molecule has 14 heavy (non-hydrogen) atoms. The number of pyridine rings is 1. The van der Waals surface area contributed by atoms with Crippen LogP contribution in [0.1, 0.15) is 5.56 Å². The highest BCUT2D eigenvalue weighted by Gasteiger charge is 2.03. The smallest absolute Gasteiger partial charge is 0.271 e. The first-order chi connectivity index (χ1) is 6.58.